The normalized spacial score (nSPS) is 10.8. The van der Waals surface area contributed by atoms with Gasteiger partial charge in [-0.2, -0.15) is 0 Å². The Morgan fingerprint density at radius 1 is 0.839 bits per heavy atom. The molecule has 0 atom stereocenters. The van der Waals surface area contributed by atoms with Crippen LogP contribution in [0.4, 0.5) is 15.8 Å². The number of benzene rings is 3. The molecule has 4 rings (SSSR count). The Morgan fingerprint density at radius 2 is 1.55 bits per heavy atom. The standard InChI is InChI=1S/C25H22FN3O2/c1-2-14-29-22-13-12-19(28-24(30)20-10-6-7-11-21(20)26)15-17(22)16-23(29)25(31)27-18-8-4-3-5-9-18/h3-13,15-16H,2,14H2,1H3,(H,27,31)(H,28,30). The summed E-state index contributed by atoms with van der Waals surface area (Å²) in [5.41, 5.74) is 2.67. The van der Waals surface area contributed by atoms with E-state index in [-0.39, 0.29) is 11.5 Å². The van der Waals surface area contributed by atoms with Gasteiger partial charge in [0, 0.05) is 28.8 Å². The van der Waals surface area contributed by atoms with Gasteiger partial charge in [0.2, 0.25) is 0 Å². The monoisotopic (exact) mass is 415 g/mol. The average molecular weight is 415 g/mol. The van der Waals surface area contributed by atoms with Crippen molar-refractivity contribution in [3.8, 4) is 0 Å². The van der Waals surface area contributed by atoms with Crippen molar-refractivity contribution in [3.05, 3.63) is 95.9 Å². The molecule has 5 nitrogen and oxygen atoms in total. The molecule has 0 aliphatic heterocycles. The van der Waals surface area contributed by atoms with Crippen molar-refractivity contribution in [3.63, 3.8) is 0 Å². The van der Waals surface area contributed by atoms with Crippen LogP contribution in [0.2, 0.25) is 0 Å². The SMILES string of the molecule is CCCn1c(C(=O)Nc2ccccc2)cc2cc(NC(=O)c3ccccc3F)ccc21. The van der Waals surface area contributed by atoms with E-state index in [1.54, 1.807) is 18.2 Å². The quantitative estimate of drug-likeness (QED) is 0.425. The number of hydrogen-bond acceptors (Lipinski definition) is 2. The highest BCUT2D eigenvalue weighted by molar-refractivity contribution is 6.08. The lowest BCUT2D eigenvalue weighted by atomic mass is 10.2. The molecule has 0 fully saturated rings. The van der Waals surface area contributed by atoms with Crippen molar-refractivity contribution in [2.24, 2.45) is 0 Å². The molecule has 0 unspecified atom stereocenters. The molecule has 0 saturated carbocycles. The van der Waals surface area contributed by atoms with Crippen LogP contribution in [0, 0.1) is 5.82 Å². The first kappa shape index (κ1) is 20.3. The molecule has 0 saturated heterocycles. The summed E-state index contributed by atoms with van der Waals surface area (Å²) in [6.07, 6.45) is 0.862. The topological polar surface area (TPSA) is 63.1 Å². The molecule has 1 aromatic heterocycles. The van der Waals surface area contributed by atoms with Crippen LogP contribution < -0.4 is 10.6 Å². The van der Waals surface area contributed by atoms with E-state index >= 15 is 0 Å². The van der Waals surface area contributed by atoms with Gasteiger partial charge in [-0.1, -0.05) is 37.3 Å². The minimum Gasteiger partial charge on any atom is -0.336 e. The van der Waals surface area contributed by atoms with Crippen molar-refractivity contribution in [1.82, 2.24) is 4.57 Å². The highest BCUT2D eigenvalue weighted by atomic mass is 19.1. The van der Waals surface area contributed by atoms with Gasteiger partial charge in [-0.15, -0.1) is 0 Å². The van der Waals surface area contributed by atoms with Gasteiger partial charge in [0.1, 0.15) is 11.5 Å². The van der Waals surface area contributed by atoms with Crippen molar-refractivity contribution < 1.29 is 14.0 Å². The fraction of sp³-hybridized carbons (Fsp3) is 0.120. The third-order valence-electron chi connectivity index (χ3n) is 4.99. The summed E-state index contributed by atoms with van der Waals surface area (Å²) >= 11 is 0. The highest BCUT2D eigenvalue weighted by Crippen LogP contribution is 2.25. The number of nitrogens with zero attached hydrogens (tertiary/aromatic N) is 1. The van der Waals surface area contributed by atoms with E-state index in [0.29, 0.717) is 17.9 Å². The molecule has 2 N–H and O–H groups in total. The van der Waals surface area contributed by atoms with Crippen LogP contribution in [0.3, 0.4) is 0 Å². The summed E-state index contributed by atoms with van der Waals surface area (Å²) in [5.74, 6) is -1.30. The molecule has 0 aliphatic carbocycles. The number of para-hydroxylation sites is 1. The Labute approximate surface area is 179 Å². The fourth-order valence-corrected chi connectivity index (χ4v) is 3.56. The average Bonchev–Trinajstić information content (AvgIpc) is 3.13. The van der Waals surface area contributed by atoms with Gasteiger partial charge in [0.05, 0.1) is 5.56 Å². The van der Waals surface area contributed by atoms with E-state index in [2.05, 4.69) is 10.6 Å². The van der Waals surface area contributed by atoms with E-state index in [1.807, 2.05) is 54.0 Å². The molecule has 2 amide bonds. The Bertz CT molecular complexity index is 1250. The first-order valence-corrected chi connectivity index (χ1v) is 10.1. The maximum atomic E-state index is 13.9. The molecule has 1 heterocycles. The van der Waals surface area contributed by atoms with E-state index in [1.165, 1.54) is 18.2 Å². The third-order valence-corrected chi connectivity index (χ3v) is 4.99. The summed E-state index contributed by atoms with van der Waals surface area (Å²) in [6.45, 7) is 2.73. The third kappa shape index (κ3) is 4.33. The molecule has 6 heteroatoms. The van der Waals surface area contributed by atoms with Crippen molar-refractivity contribution in [2.45, 2.75) is 19.9 Å². The predicted octanol–water partition coefficient (Wildman–Crippen LogP) is 5.70. The number of anilines is 2. The molecular weight excluding hydrogens is 393 g/mol. The van der Waals surface area contributed by atoms with Gasteiger partial charge in [0.15, 0.2) is 0 Å². The predicted molar refractivity (Wildman–Crippen MR) is 121 cm³/mol. The molecule has 0 aliphatic rings. The van der Waals surface area contributed by atoms with E-state index in [4.69, 9.17) is 0 Å². The van der Waals surface area contributed by atoms with Gasteiger partial charge in [-0.05, 0) is 55.0 Å². The van der Waals surface area contributed by atoms with Gasteiger partial charge < -0.3 is 15.2 Å². The summed E-state index contributed by atoms with van der Waals surface area (Å²) in [4.78, 5) is 25.4. The van der Waals surface area contributed by atoms with Crippen LogP contribution in [0.5, 0.6) is 0 Å². The largest absolute Gasteiger partial charge is 0.336 e. The Balaban J connectivity index is 1.64. The van der Waals surface area contributed by atoms with Crippen LogP contribution in [-0.2, 0) is 6.54 Å². The molecule has 3 aromatic carbocycles. The lowest BCUT2D eigenvalue weighted by Crippen LogP contribution is -2.17. The lowest BCUT2D eigenvalue weighted by Gasteiger charge is -2.10. The second-order valence-electron chi connectivity index (χ2n) is 7.21. The zero-order chi connectivity index (χ0) is 21.8. The number of halogens is 1. The van der Waals surface area contributed by atoms with E-state index < -0.39 is 11.7 Å². The minimum absolute atomic E-state index is 0.0194. The summed E-state index contributed by atoms with van der Waals surface area (Å²) in [7, 11) is 0. The first-order valence-electron chi connectivity index (χ1n) is 10.1. The fourth-order valence-electron chi connectivity index (χ4n) is 3.56. The van der Waals surface area contributed by atoms with Gasteiger partial charge in [-0.25, -0.2) is 4.39 Å². The first-order chi connectivity index (χ1) is 15.1. The molecule has 0 bridgehead atoms. The number of carbonyl (C=O) groups is 2. The van der Waals surface area contributed by atoms with Crippen molar-refractivity contribution >= 4 is 34.1 Å². The molecule has 31 heavy (non-hydrogen) atoms. The number of aryl methyl sites for hydroxylation is 1. The molecule has 0 spiro atoms. The molecule has 156 valence electrons. The number of aromatic nitrogens is 1. The molecular formula is C25H22FN3O2. The zero-order valence-electron chi connectivity index (χ0n) is 17.1. The Morgan fingerprint density at radius 3 is 2.29 bits per heavy atom. The smallest absolute Gasteiger partial charge is 0.272 e. The van der Waals surface area contributed by atoms with E-state index in [0.717, 1.165) is 23.0 Å². The van der Waals surface area contributed by atoms with Crippen LogP contribution in [0.25, 0.3) is 10.9 Å². The maximum absolute atomic E-state index is 13.9. The maximum Gasteiger partial charge on any atom is 0.272 e. The lowest BCUT2D eigenvalue weighted by molar-refractivity contribution is 0.101. The number of rotatable bonds is 6. The molecule has 0 radical (unpaired) electrons. The van der Waals surface area contributed by atoms with Crippen LogP contribution in [-0.4, -0.2) is 16.4 Å². The highest BCUT2D eigenvalue weighted by Gasteiger charge is 2.17. The number of amides is 2. The van der Waals surface area contributed by atoms with Gasteiger partial charge in [0.25, 0.3) is 11.8 Å². The Hall–Kier alpha value is -3.93. The summed E-state index contributed by atoms with van der Waals surface area (Å²) in [6, 6.07) is 22.3. The minimum atomic E-state index is -0.574. The number of fused-ring (bicyclic) bond motifs is 1. The second kappa shape index (κ2) is 8.83. The Kier molecular flexibility index (Phi) is 5.80. The summed E-state index contributed by atoms with van der Waals surface area (Å²) < 4.78 is 15.9. The van der Waals surface area contributed by atoms with Crippen LogP contribution >= 0.6 is 0 Å². The molecule has 4 aromatic rings. The van der Waals surface area contributed by atoms with Gasteiger partial charge >= 0.3 is 0 Å². The van der Waals surface area contributed by atoms with Crippen LogP contribution in [0.15, 0.2) is 78.9 Å². The zero-order valence-corrected chi connectivity index (χ0v) is 17.1. The van der Waals surface area contributed by atoms with Crippen LogP contribution in [0.1, 0.15) is 34.2 Å². The summed E-state index contributed by atoms with van der Waals surface area (Å²) in [5, 5.41) is 6.47. The number of hydrogen-bond donors (Lipinski definition) is 2. The van der Waals surface area contributed by atoms with Gasteiger partial charge in [-0.3, -0.25) is 9.59 Å². The van der Waals surface area contributed by atoms with Crippen molar-refractivity contribution in [2.75, 3.05) is 10.6 Å². The van der Waals surface area contributed by atoms with Crippen molar-refractivity contribution in [1.29, 1.82) is 0 Å². The second-order valence-corrected chi connectivity index (χ2v) is 7.21. The number of nitrogens with one attached hydrogen (secondary N) is 2. The van der Waals surface area contributed by atoms with E-state index in [9.17, 15) is 14.0 Å². The number of carbonyl (C=O) groups excluding carboxylic acids is 2.